The Hall–Kier alpha value is 0.270. The van der Waals surface area contributed by atoms with E-state index in [1.54, 1.807) is 0 Å². The van der Waals surface area contributed by atoms with Crippen molar-refractivity contribution in [2.45, 2.75) is 57.9 Å². The first-order chi connectivity index (χ1) is 7.23. The van der Waals surface area contributed by atoms with Crippen LogP contribution in [0.1, 0.15) is 41.0 Å². The molecule has 96 valence electrons. The second-order valence-electron chi connectivity index (χ2n) is 6.41. The molecule has 3 atom stereocenters. The van der Waals surface area contributed by atoms with Gasteiger partial charge in [-0.25, -0.2) is 0 Å². The van der Waals surface area contributed by atoms with Gasteiger partial charge in [-0.1, -0.05) is 27.7 Å². The van der Waals surface area contributed by atoms with Crippen molar-refractivity contribution in [3.63, 3.8) is 0 Å². The van der Waals surface area contributed by atoms with Crippen LogP contribution in [0.15, 0.2) is 0 Å². The minimum absolute atomic E-state index is 0.219. The van der Waals surface area contributed by atoms with Crippen LogP contribution in [-0.2, 0) is 0 Å². The summed E-state index contributed by atoms with van der Waals surface area (Å²) in [6, 6.07) is 0.557. The van der Waals surface area contributed by atoms with Crippen molar-refractivity contribution < 1.29 is 0 Å². The molecule has 1 saturated heterocycles. The van der Waals surface area contributed by atoms with Crippen LogP contribution in [0.25, 0.3) is 0 Å². The van der Waals surface area contributed by atoms with E-state index < -0.39 is 0 Å². The monoisotopic (exact) mass is 244 g/mol. The third-order valence-corrected chi connectivity index (χ3v) is 5.71. The lowest BCUT2D eigenvalue weighted by Gasteiger charge is -2.46. The Kier molecular flexibility index (Phi) is 4.36. The van der Waals surface area contributed by atoms with Crippen LogP contribution in [0.2, 0.25) is 0 Å². The molecule has 1 aliphatic rings. The minimum atomic E-state index is 0.219. The largest absolute Gasteiger partial charge is 0.329 e. The Labute approximate surface area is 105 Å². The summed E-state index contributed by atoms with van der Waals surface area (Å²) in [5.74, 6) is 1.18. The van der Waals surface area contributed by atoms with E-state index in [-0.39, 0.29) is 5.54 Å². The van der Waals surface area contributed by atoms with Gasteiger partial charge in [-0.05, 0) is 25.8 Å². The molecule has 3 unspecified atom stereocenters. The molecule has 3 heteroatoms. The summed E-state index contributed by atoms with van der Waals surface area (Å²) in [7, 11) is 2.25. The predicted molar refractivity (Wildman–Crippen MR) is 75.0 cm³/mol. The zero-order valence-corrected chi connectivity index (χ0v) is 12.5. The Morgan fingerprint density at radius 2 is 2.06 bits per heavy atom. The fourth-order valence-corrected chi connectivity index (χ4v) is 3.94. The summed E-state index contributed by atoms with van der Waals surface area (Å²) in [5.41, 5.74) is 6.59. The van der Waals surface area contributed by atoms with Crippen LogP contribution in [0.3, 0.4) is 0 Å². The van der Waals surface area contributed by atoms with Crippen LogP contribution in [0, 0.1) is 5.41 Å². The Morgan fingerprint density at radius 3 is 2.38 bits per heavy atom. The van der Waals surface area contributed by atoms with Gasteiger partial charge in [-0.15, -0.1) is 0 Å². The van der Waals surface area contributed by atoms with E-state index in [0.717, 1.165) is 11.8 Å². The zero-order chi connectivity index (χ0) is 12.6. The quantitative estimate of drug-likeness (QED) is 0.827. The lowest BCUT2D eigenvalue weighted by molar-refractivity contribution is 0.0446. The first-order valence-corrected chi connectivity index (χ1v) is 7.32. The fourth-order valence-electron chi connectivity index (χ4n) is 2.47. The Morgan fingerprint density at radius 1 is 1.50 bits per heavy atom. The molecule has 1 heterocycles. The van der Waals surface area contributed by atoms with Crippen molar-refractivity contribution in [2.75, 3.05) is 19.3 Å². The summed E-state index contributed by atoms with van der Waals surface area (Å²) in [5, 5.41) is 0.748. The van der Waals surface area contributed by atoms with Gasteiger partial charge in [-0.3, -0.25) is 4.90 Å². The van der Waals surface area contributed by atoms with Crippen LogP contribution >= 0.6 is 11.8 Å². The standard InChI is InChI=1S/C13H28N2S/c1-10-7-13(8-14,9-16-10)15(6)11(2)12(3,4)5/h10-11H,7-9,14H2,1-6H3. The Bertz CT molecular complexity index is 237. The van der Waals surface area contributed by atoms with E-state index in [9.17, 15) is 0 Å². The molecular formula is C13H28N2S. The zero-order valence-electron chi connectivity index (χ0n) is 11.7. The maximum Gasteiger partial charge on any atom is 0.0432 e. The van der Waals surface area contributed by atoms with E-state index in [1.165, 1.54) is 12.2 Å². The van der Waals surface area contributed by atoms with Gasteiger partial charge in [-0.2, -0.15) is 11.8 Å². The second kappa shape index (κ2) is 4.87. The van der Waals surface area contributed by atoms with Gasteiger partial charge >= 0.3 is 0 Å². The highest BCUT2D eigenvalue weighted by molar-refractivity contribution is 8.00. The Balaban J connectivity index is 2.81. The van der Waals surface area contributed by atoms with Gasteiger partial charge in [0, 0.05) is 29.1 Å². The van der Waals surface area contributed by atoms with E-state index in [1.807, 2.05) is 0 Å². The van der Waals surface area contributed by atoms with Gasteiger partial charge in [0.1, 0.15) is 0 Å². The number of hydrogen-bond donors (Lipinski definition) is 1. The summed E-state index contributed by atoms with van der Waals surface area (Å²) in [6.45, 7) is 12.3. The summed E-state index contributed by atoms with van der Waals surface area (Å²) < 4.78 is 0. The molecule has 0 amide bonds. The third-order valence-electron chi connectivity index (χ3n) is 4.27. The topological polar surface area (TPSA) is 29.3 Å². The molecule has 1 aliphatic heterocycles. The smallest absolute Gasteiger partial charge is 0.0432 e. The van der Waals surface area contributed by atoms with Crippen molar-refractivity contribution in [3.05, 3.63) is 0 Å². The molecule has 0 saturated carbocycles. The second-order valence-corrected chi connectivity index (χ2v) is 7.83. The van der Waals surface area contributed by atoms with Gasteiger partial charge in [0.15, 0.2) is 0 Å². The molecule has 0 aromatic rings. The fraction of sp³-hybridized carbons (Fsp3) is 1.00. The maximum absolute atomic E-state index is 6.06. The average molecular weight is 244 g/mol. The first kappa shape index (κ1) is 14.3. The van der Waals surface area contributed by atoms with Crippen LogP contribution in [0.4, 0.5) is 0 Å². The average Bonchev–Trinajstić information content (AvgIpc) is 2.58. The number of hydrogen-bond acceptors (Lipinski definition) is 3. The highest BCUT2D eigenvalue weighted by Gasteiger charge is 2.43. The highest BCUT2D eigenvalue weighted by Crippen LogP contribution is 2.40. The van der Waals surface area contributed by atoms with Crippen molar-refractivity contribution in [2.24, 2.45) is 11.1 Å². The maximum atomic E-state index is 6.06. The van der Waals surface area contributed by atoms with Gasteiger partial charge in [0.05, 0.1) is 0 Å². The molecule has 2 N–H and O–H groups in total. The first-order valence-electron chi connectivity index (χ1n) is 6.27. The number of nitrogens with two attached hydrogens (primary N) is 1. The number of likely N-dealkylation sites (N-methyl/N-ethyl adjacent to an activating group) is 1. The third kappa shape index (κ3) is 2.74. The van der Waals surface area contributed by atoms with Crippen LogP contribution in [-0.4, -0.2) is 41.1 Å². The molecular weight excluding hydrogens is 216 g/mol. The minimum Gasteiger partial charge on any atom is -0.329 e. The van der Waals surface area contributed by atoms with Crippen molar-refractivity contribution in [3.8, 4) is 0 Å². The number of thioether (sulfide) groups is 1. The summed E-state index contributed by atoms with van der Waals surface area (Å²) in [4.78, 5) is 2.53. The van der Waals surface area contributed by atoms with E-state index in [2.05, 4.69) is 58.3 Å². The SMILES string of the molecule is CC1CC(CN)(N(C)C(C)C(C)(C)C)CS1. The van der Waals surface area contributed by atoms with E-state index in [0.29, 0.717) is 11.5 Å². The molecule has 2 nitrogen and oxygen atoms in total. The number of nitrogens with zero attached hydrogens (tertiary/aromatic N) is 1. The lowest BCUT2D eigenvalue weighted by Crippen LogP contribution is -2.58. The van der Waals surface area contributed by atoms with E-state index in [4.69, 9.17) is 5.73 Å². The van der Waals surface area contributed by atoms with Crippen LogP contribution in [0.5, 0.6) is 0 Å². The molecule has 0 bridgehead atoms. The van der Waals surface area contributed by atoms with E-state index >= 15 is 0 Å². The van der Waals surface area contributed by atoms with Gasteiger partial charge in [0.25, 0.3) is 0 Å². The summed E-state index contributed by atoms with van der Waals surface area (Å²) >= 11 is 2.06. The predicted octanol–water partition coefficient (Wildman–Crippen LogP) is 2.58. The molecule has 0 aliphatic carbocycles. The van der Waals surface area contributed by atoms with Crippen LogP contribution < -0.4 is 5.73 Å². The molecule has 0 aromatic carbocycles. The lowest BCUT2D eigenvalue weighted by atomic mass is 9.83. The van der Waals surface area contributed by atoms with Crippen molar-refractivity contribution in [1.29, 1.82) is 0 Å². The molecule has 0 spiro atoms. The van der Waals surface area contributed by atoms with Gasteiger partial charge in [0.2, 0.25) is 0 Å². The summed E-state index contributed by atoms with van der Waals surface area (Å²) in [6.07, 6.45) is 1.23. The van der Waals surface area contributed by atoms with Gasteiger partial charge < -0.3 is 5.73 Å². The van der Waals surface area contributed by atoms with Crippen molar-refractivity contribution >= 4 is 11.8 Å². The molecule has 1 rings (SSSR count). The molecule has 1 fully saturated rings. The highest BCUT2D eigenvalue weighted by atomic mass is 32.2. The molecule has 0 radical (unpaired) electrons. The van der Waals surface area contributed by atoms with Crippen molar-refractivity contribution in [1.82, 2.24) is 4.90 Å². The molecule has 0 aromatic heterocycles. The normalized spacial score (nSPS) is 33.4. The molecule has 16 heavy (non-hydrogen) atoms. The number of rotatable bonds is 3.